The molecule has 1 aliphatic heterocycles. The van der Waals surface area contributed by atoms with Crippen molar-refractivity contribution in [1.82, 2.24) is 4.90 Å². The van der Waals surface area contributed by atoms with E-state index >= 15 is 0 Å². The fraction of sp³-hybridized carbons (Fsp3) is 0.174. The predicted molar refractivity (Wildman–Crippen MR) is 113 cm³/mol. The van der Waals surface area contributed by atoms with Crippen molar-refractivity contribution in [3.63, 3.8) is 0 Å². The van der Waals surface area contributed by atoms with E-state index in [2.05, 4.69) is 50.4 Å². The number of benzene rings is 3. The van der Waals surface area contributed by atoms with Crippen LogP contribution in [0.2, 0.25) is 0 Å². The Morgan fingerprint density at radius 1 is 1.04 bits per heavy atom. The van der Waals surface area contributed by atoms with Crippen molar-refractivity contribution in [2.24, 2.45) is 0 Å². The van der Waals surface area contributed by atoms with Crippen LogP contribution in [0, 0.1) is 5.82 Å². The summed E-state index contributed by atoms with van der Waals surface area (Å²) in [5.74, 6) is -0.788. The molecule has 1 heterocycles. The molecule has 0 aromatic heterocycles. The summed E-state index contributed by atoms with van der Waals surface area (Å²) in [5.41, 5.74) is 4.66. The number of rotatable bonds is 4. The van der Waals surface area contributed by atoms with Crippen LogP contribution in [0.25, 0.3) is 0 Å². The summed E-state index contributed by atoms with van der Waals surface area (Å²) in [4.78, 5) is 14.8. The Balaban J connectivity index is 1.39. The maximum atomic E-state index is 13.9. The molecule has 1 N–H and O–H groups in total. The normalized spacial score (nSPS) is 13.8. The highest BCUT2D eigenvalue weighted by molar-refractivity contribution is 9.10. The Morgan fingerprint density at radius 3 is 2.54 bits per heavy atom. The van der Waals surface area contributed by atoms with E-state index in [0.29, 0.717) is 10.0 Å². The average Bonchev–Trinajstić information content (AvgIpc) is 2.70. The Kier molecular flexibility index (Phi) is 5.55. The Bertz CT molecular complexity index is 1000. The first kappa shape index (κ1) is 18.8. The minimum Gasteiger partial charge on any atom is -0.319 e. The van der Waals surface area contributed by atoms with E-state index in [0.717, 1.165) is 31.6 Å². The molecule has 0 radical (unpaired) electrons. The largest absolute Gasteiger partial charge is 0.319 e. The molecule has 0 atom stereocenters. The highest BCUT2D eigenvalue weighted by Crippen LogP contribution is 2.22. The van der Waals surface area contributed by atoms with Gasteiger partial charge < -0.3 is 5.32 Å². The van der Waals surface area contributed by atoms with Crippen molar-refractivity contribution in [3.8, 4) is 0 Å². The quantitative estimate of drug-likeness (QED) is 0.591. The van der Waals surface area contributed by atoms with Gasteiger partial charge in [-0.1, -0.05) is 52.3 Å². The predicted octanol–water partition coefficient (Wildman–Crippen LogP) is 5.40. The number of anilines is 1. The third-order valence-electron chi connectivity index (χ3n) is 5.01. The number of hydrogen-bond acceptors (Lipinski definition) is 2. The zero-order valence-corrected chi connectivity index (χ0v) is 16.9. The smallest absolute Gasteiger partial charge is 0.255 e. The molecule has 1 amide bonds. The van der Waals surface area contributed by atoms with Gasteiger partial charge >= 0.3 is 0 Å². The van der Waals surface area contributed by atoms with Crippen LogP contribution in [0.3, 0.4) is 0 Å². The van der Waals surface area contributed by atoms with Crippen LogP contribution >= 0.6 is 15.9 Å². The molecular weight excluding hydrogens is 419 g/mol. The lowest BCUT2D eigenvalue weighted by Crippen LogP contribution is -2.29. The van der Waals surface area contributed by atoms with E-state index < -0.39 is 5.82 Å². The molecule has 5 heteroatoms. The summed E-state index contributed by atoms with van der Waals surface area (Å²) in [6.07, 6.45) is 1.06. The Morgan fingerprint density at radius 2 is 1.79 bits per heavy atom. The molecule has 0 bridgehead atoms. The molecule has 0 saturated heterocycles. The van der Waals surface area contributed by atoms with E-state index in [9.17, 15) is 9.18 Å². The minimum atomic E-state index is -0.468. The number of halogens is 2. The lowest BCUT2D eigenvalue weighted by molar-refractivity contribution is 0.102. The van der Waals surface area contributed by atoms with Crippen molar-refractivity contribution < 1.29 is 9.18 Å². The van der Waals surface area contributed by atoms with Crippen LogP contribution in [0.15, 0.2) is 71.2 Å². The first-order valence-corrected chi connectivity index (χ1v) is 10.0. The van der Waals surface area contributed by atoms with E-state index in [4.69, 9.17) is 0 Å². The van der Waals surface area contributed by atoms with Crippen molar-refractivity contribution in [1.29, 1.82) is 0 Å². The van der Waals surface area contributed by atoms with Gasteiger partial charge in [-0.05, 0) is 53.4 Å². The number of amides is 1. The third-order valence-corrected chi connectivity index (χ3v) is 5.50. The number of carbonyl (C=O) groups is 1. The number of fused-ring (bicyclic) bond motifs is 1. The van der Waals surface area contributed by atoms with Crippen LogP contribution in [-0.4, -0.2) is 17.4 Å². The maximum absolute atomic E-state index is 13.9. The molecule has 0 spiro atoms. The summed E-state index contributed by atoms with van der Waals surface area (Å²) in [6.45, 7) is 2.82. The fourth-order valence-corrected chi connectivity index (χ4v) is 3.83. The second-order valence-electron chi connectivity index (χ2n) is 7.00. The van der Waals surface area contributed by atoms with Crippen molar-refractivity contribution >= 4 is 27.5 Å². The van der Waals surface area contributed by atoms with Crippen molar-refractivity contribution in [3.05, 3.63) is 99.3 Å². The average molecular weight is 439 g/mol. The lowest BCUT2D eigenvalue weighted by Gasteiger charge is -2.28. The summed E-state index contributed by atoms with van der Waals surface area (Å²) in [6, 6.07) is 20.7. The molecule has 0 aliphatic carbocycles. The van der Waals surface area contributed by atoms with Gasteiger partial charge in [0.15, 0.2) is 0 Å². The van der Waals surface area contributed by atoms with Gasteiger partial charge in [-0.3, -0.25) is 9.69 Å². The Hall–Kier alpha value is -2.50. The van der Waals surface area contributed by atoms with Crippen LogP contribution < -0.4 is 5.32 Å². The molecule has 28 heavy (non-hydrogen) atoms. The van der Waals surface area contributed by atoms with E-state index in [1.807, 2.05) is 12.1 Å². The van der Waals surface area contributed by atoms with Gasteiger partial charge in [-0.25, -0.2) is 4.39 Å². The topological polar surface area (TPSA) is 32.3 Å². The SMILES string of the molecule is O=C(Nc1ccc(Br)cc1F)c1ccc(CN2CCc3ccccc3C2)cc1. The molecule has 4 rings (SSSR count). The van der Waals surface area contributed by atoms with Gasteiger partial charge in [-0.15, -0.1) is 0 Å². The van der Waals surface area contributed by atoms with Crippen LogP contribution in [0.1, 0.15) is 27.0 Å². The molecule has 0 fully saturated rings. The second kappa shape index (κ2) is 8.25. The van der Waals surface area contributed by atoms with E-state index in [1.54, 1.807) is 24.3 Å². The van der Waals surface area contributed by atoms with Crippen molar-refractivity contribution in [2.45, 2.75) is 19.5 Å². The monoisotopic (exact) mass is 438 g/mol. The summed E-state index contributed by atoms with van der Waals surface area (Å²) in [5, 5.41) is 2.62. The summed E-state index contributed by atoms with van der Waals surface area (Å²) < 4.78 is 14.5. The molecule has 0 saturated carbocycles. The van der Waals surface area contributed by atoms with Gasteiger partial charge in [-0.2, -0.15) is 0 Å². The molecular formula is C23H20BrFN2O. The maximum Gasteiger partial charge on any atom is 0.255 e. The van der Waals surface area contributed by atoms with E-state index in [1.165, 1.54) is 17.2 Å². The van der Waals surface area contributed by atoms with Gasteiger partial charge in [0.05, 0.1) is 5.69 Å². The van der Waals surface area contributed by atoms with Crippen LogP contribution in [-0.2, 0) is 19.5 Å². The molecule has 3 aromatic rings. The van der Waals surface area contributed by atoms with Gasteiger partial charge in [0, 0.05) is 29.7 Å². The highest BCUT2D eigenvalue weighted by atomic mass is 79.9. The molecule has 0 unspecified atom stereocenters. The minimum absolute atomic E-state index is 0.171. The lowest BCUT2D eigenvalue weighted by atomic mass is 9.99. The van der Waals surface area contributed by atoms with Gasteiger partial charge in [0.2, 0.25) is 0 Å². The Labute approximate surface area is 172 Å². The number of carbonyl (C=O) groups excluding carboxylic acids is 1. The zero-order chi connectivity index (χ0) is 19.5. The van der Waals surface area contributed by atoms with Crippen LogP contribution in [0.4, 0.5) is 10.1 Å². The molecule has 1 aliphatic rings. The van der Waals surface area contributed by atoms with E-state index in [-0.39, 0.29) is 11.6 Å². The van der Waals surface area contributed by atoms with Crippen LogP contribution in [0.5, 0.6) is 0 Å². The van der Waals surface area contributed by atoms with Gasteiger partial charge in [0.25, 0.3) is 5.91 Å². The number of nitrogens with zero attached hydrogens (tertiary/aromatic N) is 1. The number of hydrogen-bond donors (Lipinski definition) is 1. The molecule has 3 nitrogen and oxygen atoms in total. The molecule has 3 aromatic carbocycles. The first-order valence-electron chi connectivity index (χ1n) is 9.23. The third kappa shape index (κ3) is 4.32. The summed E-state index contributed by atoms with van der Waals surface area (Å²) in [7, 11) is 0. The highest BCUT2D eigenvalue weighted by Gasteiger charge is 2.16. The standard InChI is InChI=1S/C23H20BrFN2O/c24-20-9-10-22(21(25)13-20)26-23(28)18-7-5-16(6-8-18)14-27-12-11-17-3-1-2-4-19(17)15-27/h1-10,13H,11-12,14-15H2,(H,26,28). The molecule has 142 valence electrons. The van der Waals surface area contributed by atoms with Gasteiger partial charge in [0.1, 0.15) is 5.82 Å². The fourth-order valence-electron chi connectivity index (χ4n) is 3.49. The van der Waals surface area contributed by atoms with Crippen molar-refractivity contribution in [2.75, 3.05) is 11.9 Å². The number of nitrogens with one attached hydrogen (secondary N) is 1. The first-order chi connectivity index (χ1) is 13.6. The zero-order valence-electron chi connectivity index (χ0n) is 15.3. The summed E-state index contributed by atoms with van der Waals surface area (Å²) >= 11 is 3.21. The second-order valence-corrected chi connectivity index (χ2v) is 7.92.